The molecule has 1 saturated heterocycles. The molecule has 2 aliphatic rings. The number of ether oxygens (including phenoxy) is 2. The molecule has 9 heteroatoms. The molecule has 1 atom stereocenters. The van der Waals surface area contributed by atoms with Gasteiger partial charge in [-0.2, -0.15) is 0 Å². The molecule has 9 nitrogen and oxygen atoms in total. The van der Waals surface area contributed by atoms with E-state index in [1.165, 1.54) is 0 Å². The van der Waals surface area contributed by atoms with E-state index in [1.54, 1.807) is 17.3 Å². The van der Waals surface area contributed by atoms with Gasteiger partial charge in [0.25, 0.3) is 11.4 Å². The highest BCUT2D eigenvalue weighted by Crippen LogP contribution is 2.29. The second-order valence-corrected chi connectivity index (χ2v) is 8.76. The fraction of sp³-hybridized carbons (Fsp3) is 0.391. The number of aromatic nitrogens is 2. The number of aliphatic imine (C=N–C) groups is 1. The molecule has 0 radical (unpaired) electrons. The van der Waals surface area contributed by atoms with Crippen molar-refractivity contribution in [3.05, 3.63) is 56.9 Å². The summed E-state index contributed by atoms with van der Waals surface area (Å²) in [5.74, 6) is 0.0329. The fourth-order valence-electron chi connectivity index (χ4n) is 3.60. The Kier molecular flexibility index (Phi) is 6.09. The Labute approximate surface area is 185 Å². The Morgan fingerprint density at radius 3 is 2.62 bits per heavy atom. The van der Waals surface area contributed by atoms with Gasteiger partial charge in [0.2, 0.25) is 0 Å². The maximum absolute atomic E-state index is 12.9. The van der Waals surface area contributed by atoms with Crippen molar-refractivity contribution in [1.29, 1.82) is 0 Å². The van der Waals surface area contributed by atoms with Crippen LogP contribution in [0.2, 0.25) is 0 Å². The van der Waals surface area contributed by atoms with E-state index < -0.39 is 6.09 Å². The van der Waals surface area contributed by atoms with E-state index in [0.717, 1.165) is 5.56 Å². The number of aromatic amines is 1. The zero-order valence-corrected chi connectivity index (χ0v) is 18.4. The first-order valence-electron chi connectivity index (χ1n) is 10.6. The quantitative estimate of drug-likeness (QED) is 0.712. The average molecular weight is 438 g/mol. The lowest BCUT2D eigenvalue weighted by molar-refractivity contribution is 0.0410. The van der Waals surface area contributed by atoms with Gasteiger partial charge in [-0.05, 0) is 17.1 Å². The lowest BCUT2D eigenvalue weighted by Crippen LogP contribution is -2.45. The van der Waals surface area contributed by atoms with E-state index in [2.05, 4.69) is 20.3 Å². The maximum atomic E-state index is 12.9. The summed E-state index contributed by atoms with van der Waals surface area (Å²) >= 11 is 0. The zero-order valence-electron chi connectivity index (χ0n) is 18.4. The van der Waals surface area contributed by atoms with Gasteiger partial charge < -0.3 is 24.7 Å². The molecule has 1 fully saturated rings. The van der Waals surface area contributed by atoms with E-state index in [9.17, 15) is 9.59 Å². The second kappa shape index (κ2) is 8.96. The minimum Gasteiger partial charge on any atom is -0.389 e. The summed E-state index contributed by atoms with van der Waals surface area (Å²) in [4.78, 5) is 39.1. The number of carbonyl (C=O) groups excluding carboxylic acids is 1. The molecule has 2 aromatic rings. The number of benzene rings is 1. The molecule has 32 heavy (non-hydrogen) atoms. The van der Waals surface area contributed by atoms with Gasteiger partial charge in [0, 0.05) is 13.1 Å². The molecule has 4 rings (SSSR count). The first-order valence-corrected chi connectivity index (χ1v) is 10.6. The van der Waals surface area contributed by atoms with Crippen LogP contribution in [-0.2, 0) is 4.74 Å². The van der Waals surface area contributed by atoms with Crippen LogP contribution in [0.1, 0.15) is 26.3 Å². The first-order chi connectivity index (χ1) is 15.3. The highest BCUT2D eigenvalue weighted by Gasteiger charge is 2.32. The Bertz CT molecular complexity index is 1190. The van der Waals surface area contributed by atoms with Crippen LogP contribution >= 0.6 is 0 Å². The number of nitrogens with zero attached hydrogens (tertiary/aromatic N) is 3. The van der Waals surface area contributed by atoms with E-state index >= 15 is 0 Å². The smallest absolute Gasteiger partial charge is 0.389 e. The van der Waals surface area contributed by atoms with Crippen LogP contribution in [0, 0.1) is 5.41 Å². The number of amides is 1. The molecule has 1 unspecified atom stereocenters. The normalized spacial score (nSPS) is 20.9. The summed E-state index contributed by atoms with van der Waals surface area (Å²) in [6.45, 7) is 7.91. The number of hydrogen-bond donors (Lipinski definition) is 2. The third kappa shape index (κ3) is 4.72. The van der Waals surface area contributed by atoms with Gasteiger partial charge in [0.15, 0.2) is 0 Å². The molecule has 2 aliphatic heterocycles. The van der Waals surface area contributed by atoms with Crippen LogP contribution < -0.4 is 26.3 Å². The van der Waals surface area contributed by atoms with Crippen molar-refractivity contribution >= 4 is 24.2 Å². The SMILES string of the molecule is CC(C)(C)C1N=CNC1=c1[nH]c(=O)c(=Cc2ccccc2)nc1OC(=O)N1CCOCC1. The van der Waals surface area contributed by atoms with E-state index in [-0.39, 0.29) is 28.2 Å². The Hall–Kier alpha value is -3.46. The number of nitrogens with one attached hydrogen (secondary N) is 2. The topological polar surface area (TPSA) is 109 Å². The summed E-state index contributed by atoms with van der Waals surface area (Å²) in [6.07, 6.45) is 2.70. The Balaban J connectivity index is 1.85. The van der Waals surface area contributed by atoms with Crippen LogP contribution in [0.5, 0.6) is 5.88 Å². The van der Waals surface area contributed by atoms with Crippen molar-refractivity contribution in [1.82, 2.24) is 20.2 Å². The summed E-state index contributed by atoms with van der Waals surface area (Å²) in [6, 6.07) is 9.11. The molecule has 0 aliphatic carbocycles. The summed E-state index contributed by atoms with van der Waals surface area (Å²) in [5, 5.41) is 3.57. The van der Waals surface area contributed by atoms with Crippen LogP contribution in [0.4, 0.5) is 4.79 Å². The molecule has 0 bridgehead atoms. The number of rotatable bonds is 2. The molecule has 3 heterocycles. The average Bonchev–Trinajstić information content (AvgIpc) is 3.27. The maximum Gasteiger partial charge on any atom is 0.416 e. The van der Waals surface area contributed by atoms with Crippen molar-refractivity contribution in [3.63, 3.8) is 0 Å². The minimum absolute atomic E-state index is 0.0329. The van der Waals surface area contributed by atoms with Crippen molar-refractivity contribution in [2.45, 2.75) is 26.8 Å². The van der Waals surface area contributed by atoms with Gasteiger partial charge in [-0.25, -0.2) is 9.78 Å². The molecular formula is C23H27N5O4. The molecular weight excluding hydrogens is 410 g/mol. The highest BCUT2D eigenvalue weighted by atomic mass is 16.6. The van der Waals surface area contributed by atoms with Gasteiger partial charge in [0.05, 0.1) is 31.3 Å². The second-order valence-electron chi connectivity index (χ2n) is 8.76. The third-order valence-corrected chi connectivity index (χ3v) is 5.27. The molecule has 1 aromatic carbocycles. The van der Waals surface area contributed by atoms with E-state index in [0.29, 0.717) is 37.3 Å². The predicted molar refractivity (Wildman–Crippen MR) is 121 cm³/mol. The molecule has 0 saturated carbocycles. The fourth-order valence-corrected chi connectivity index (χ4v) is 3.60. The minimum atomic E-state index is -0.536. The van der Waals surface area contributed by atoms with Gasteiger partial charge in [-0.15, -0.1) is 0 Å². The standard InChI is InChI=1S/C23H27N5O4/c1-23(2,3)19-17(24-14-25-19)18-21(32-22(30)28-9-11-31-12-10-28)26-16(20(29)27-18)13-15-7-5-4-6-8-15/h4-8,13-14,19H,9-12H2,1-3H3,(H,24,25)(H,27,29). The van der Waals surface area contributed by atoms with E-state index in [4.69, 9.17) is 9.47 Å². The molecule has 2 N–H and O–H groups in total. The largest absolute Gasteiger partial charge is 0.416 e. The number of H-pyrrole nitrogens is 1. The van der Waals surface area contributed by atoms with Crippen LogP contribution in [0.25, 0.3) is 11.8 Å². The van der Waals surface area contributed by atoms with Crippen LogP contribution in [0.15, 0.2) is 40.1 Å². The monoisotopic (exact) mass is 437 g/mol. The zero-order chi connectivity index (χ0) is 22.7. The summed E-state index contributed by atoms with van der Waals surface area (Å²) in [7, 11) is 0. The van der Waals surface area contributed by atoms with Crippen molar-refractivity contribution in [2.75, 3.05) is 26.3 Å². The van der Waals surface area contributed by atoms with Gasteiger partial charge >= 0.3 is 6.09 Å². The Morgan fingerprint density at radius 2 is 1.94 bits per heavy atom. The van der Waals surface area contributed by atoms with Gasteiger partial charge in [-0.3, -0.25) is 9.79 Å². The highest BCUT2D eigenvalue weighted by molar-refractivity contribution is 5.76. The van der Waals surface area contributed by atoms with Crippen molar-refractivity contribution in [3.8, 4) is 5.88 Å². The number of hydrogen-bond acceptors (Lipinski definition) is 7. The van der Waals surface area contributed by atoms with Gasteiger partial charge in [-0.1, -0.05) is 51.1 Å². The molecule has 0 spiro atoms. The molecule has 168 valence electrons. The van der Waals surface area contributed by atoms with Crippen LogP contribution in [-0.4, -0.2) is 59.6 Å². The number of morpholine rings is 1. The van der Waals surface area contributed by atoms with Crippen LogP contribution in [0.3, 0.4) is 0 Å². The van der Waals surface area contributed by atoms with E-state index in [1.807, 2.05) is 51.1 Å². The first kappa shape index (κ1) is 21.8. The molecule has 1 aromatic heterocycles. The predicted octanol–water partition coefficient (Wildman–Crippen LogP) is 0.584. The lowest BCUT2D eigenvalue weighted by atomic mass is 9.85. The molecule has 1 amide bonds. The van der Waals surface area contributed by atoms with Crippen molar-refractivity contribution < 1.29 is 14.3 Å². The van der Waals surface area contributed by atoms with Gasteiger partial charge in [0.1, 0.15) is 10.7 Å². The van der Waals surface area contributed by atoms with Crippen molar-refractivity contribution in [2.24, 2.45) is 10.4 Å². The lowest BCUT2D eigenvalue weighted by Gasteiger charge is -2.26. The summed E-state index contributed by atoms with van der Waals surface area (Å²) in [5.41, 5.74) is 0.834. The Morgan fingerprint density at radius 1 is 1.22 bits per heavy atom. The third-order valence-electron chi connectivity index (χ3n) is 5.27. The summed E-state index contributed by atoms with van der Waals surface area (Å²) < 4.78 is 11.0. The number of carbonyl (C=O) groups is 1.